The Bertz CT molecular complexity index is 689. The number of halogens is 3. The molecule has 0 aliphatic rings. The van der Waals surface area contributed by atoms with Crippen molar-refractivity contribution in [2.45, 2.75) is 18.9 Å². The normalized spacial score (nSPS) is 11.0. The average molecular weight is 526 g/mol. The molecule has 0 saturated heterocycles. The van der Waals surface area contributed by atoms with E-state index < -0.39 is 15.6 Å². The molecule has 4 nitrogen and oxygen atoms in total. The van der Waals surface area contributed by atoms with Crippen LogP contribution >= 0.6 is 0 Å². The molecule has 2 aromatic rings. The number of alkyl halides is 3. The second-order valence-electron chi connectivity index (χ2n) is 4.19. The van der Waals surface area contributed by atoms with Gasteiger partial charge in [0.25, 0.3) is 0 Å². The first-order chi connectivity index (χ1) is 10.1. The fourth-order valence-electron chi connectivity index (χ4n) is 1.41. The molecule has 1 aromatic heterocycles. The number of aryl methyl sites for hydroxylation is 1. The van der Waals surface area contributed by atoms with Crippen molar-refractivity contribution in [3.63, 3.8) is 0 Å². The van der Waals surface area contributed by atoms with Crippen molar-refractivity contribution in [1.29, 1.82) is 0 Å². The Kier molecular flexibility index (Phi) is 8.61. The summed E-state index contributed by atoms with van der Waals surface area (Å²) in [5.74, 6) is 0. The Morgan fingerprint density at radius 2 is 1.61 bits per heavy atom. The van der Waals surface area contributed by atoms with Gasteiger partial charge in [0.05, 0.1) is 5.69 Å². The van der Waals surface area contributed by atoms with Gasteiger partial charge in [-0.3, -0.25) is 9.54 Å². The minimum absolute atomic E-state index is 0. The van der Waals surface area contributed by atoms with E-state index in [1.165, 1.54) is 11.1 Å². The van der Waals surface area contributed by atoms with Crippen molar-refractivity contribution in [3.05, 3.63) is 54.2 Å². The molecule has 9 heteroatoms. The van der Waals surface area contributed by atoms with Crippen LogP contribution in [0.25, 0.3) is 11.3 Å². The predicted molar refractivity (Wildman–Crippen MR) is 76.7 cm³/mol. The van der Waals surface area contributed by atoms with E-state index in [0.29, 0.717) is 0 Å². The number of rotatable bonds is 2. The van der Waals surface area contributed by atoms with Gasteiger partial charge < -0.3 is 0 Å². The number of hydrogen-bond donors (Lipinski definition) is 1. The van der Waals surface area contributed by atoms with Gasteiger partial charge in [0.1, 0.15) is 0 Å². The smallest absolute Gasteiger partial charge is 0.279 e. The maximum absolute atomic E-state index is 10.7. The van der Waals surface area contributed by atoms with E-state index in [1.807, 2.05) is 24.4 Å². The van der Waals surface area contributed by atoms with Crippen LogP contribution in [0, 0.1) is 0 Å². The SMILES string of the molecule is CCc1ccc(-c2ccccc2)nc1.O=S(=O)(O)C(F)(F)F.[Ir]. The summed E-state index contributed by atoms with van der Waals surface area (Å²) in [5, 5.41) is 0. The summed E-state index contributed by atoms with van der Waals surface area (Å²) in [7, 11) is -5.84. The molecule has 23 heavy (non-hydrogen) atoms. The molecule has 129 valence electrons. The quantitative estimate of drug-likeness (QED) is 0.480. The third kappa shape index (κ3) is 7.22. The molecule has 0 bridgehead atoms. The first-order valence-corrected chi connectivity index (χ1v) is 7.63. The van der Waals surface area contributed by atoms with Crippen LogP contribution in [0.2, 0.25) is 0 Å². The van der Waals surface area contributed by atoms with Crippen LogP contribution in [0.15, 0.2) is 48.7 Å². The Morgan fingerprint density at radius 3 is 1.96 bits per heavy atom. The average Bonchev–Trinajstić information content (AvgIpc) is 2.47. The van der Waals surface area contributed by atoms with Crippen LogP contribution in [0.3, 0.4) is 0 Å². The number of benzene rings is 1. The Balaban J connectivity index is 0.000000469. The van der Waals surface area contributed by atoms with Gasteiger partial charge in [-0.1, -0.05) is 43.3 Å². The van der Waals surface area contributed by atoms with Gasteiger partial charge in [0, 0.05) is 31.9 Å². The summed E-state index contributed by atoms with van der Waals surface area (Å²) in [4.78, 5) is 4.42. The molecule has 0 saturated carbocycles. The van der Waals surface area contributed by atoms with Gasteiger partial charge >= 0.3 is 15.6 Å². The van der Waals surface area contributed by atoms with Crippen molar-refractivity contribution in [3.8, 4) is 11.3 Å². The number of nitrogens with zero attached hydrogens (tertiary/aromatic N) is 1. The summed E-state index contributed by atoms with van der Waals surface area (Å²) >= 11 is 0. The van der Waals surface area contributed by atoms with Gasteiger partial charge in [-0.25, -0.2) is 0 Å². The van der Waals surface area contributed by atoms with Gasteiger partial charge in [0.15, 0.2) is 0 Å². The summed E-state index contributed by atoms with van der Waals surface area (Å²) in [6.45, 7) is 2.14. The van der Waals surface area contributed by atoms with Gasteiger partial charge in [-0.15, -0.1) is 0 Å². The zero-order chi connectivity index (χ0) is 16.8. The molecule has 0 spiro atoms. The monoisotopic (exact) mass is 526 g/mol. The van der Waals surface area contributed by atoms with Crippen molar-refractivity contribution in [2.75, 3.05) is 0 Å². The van der Waals surface area contributed by atoms with Crippen molar-refractivity contribution in [2.24, 2.45) is 0 Å². The minimum atomic E-state index is -5.84. The van der Waals surface area contributed by atoms with Crippen LogP contribution in [0.1, 0.15) is 12.5 Å². The maximum Gasteiger partial charge on any atom is 0.522 e. The fraction of sp³-hybridized carbons (Fsp3) is 0.214. The summed E-state index contributed by atoms with van der Waals surface area (Å²) in [6.07, 6.45) is 2.99. The Hall–Kier alpha value is -1.28. The number of aromatic nitrogens is 1. The summed E-state index contributed by atoms with van der Waals surface area (Å²) in [6, 6.07) is 14.4. The second kappa shape index (κ2) is 9.12. The largest absolute Gasteiger partial charge is 0.522 e. The van der Waals surface area contributed by atoms with Crippen LogP contribution in [-0.2, 0) is 36.6 Å². The topological polar surface area (TPSA) is 67.3 Å². The van der Waals surface area contributed by atoms with Gasteiger partial charge in [0.2, 0.25) is 0 Å². The standard InChI is InChI=1S/C13H13N.CHF3O3S.Ir/c1-2-11-8-9-13(14-10-11)12-6-4-3-5-7-12;2-1(3,4)8(5,6)7;/h3-10H,2H2,1H3;(H,5,6,7);. The first-order valence-electron chi connectivity index (χ1n) is 6.19. The zero-order valence-corrected chi connectivity index (χ0v) is 15.1. The second-order valence-corrected chi connectivity index (χ2v) is 5.61. The molecule has 0 amide bonds. The Labute approximate surface area is 145 Å². The van der Waals surface area contributed by atoms with E-state index in [4.69, 9.17) is 13.0 Å². The van der Waals surface area contributed by atoms with Crippen LogP contribution in [0.5, 0.6) is 0 Å². The third-order valence-corrected chi connectivity index (χ3v) is 3.18. The van der Waals surface area contributed by atoms with Crippen LogP contribution in [-0.4, -0.2) is 23.5 Å². The molecule has 0 aliphatic carbocycles. The minimum Gasteiger partial charge on any atom is -0.279 e. The predicted octanol–water partition coefficient (Wildman–Crippen LogP) is 3.70. The number of hydrogen-bond acceptors (Lipinski definition) is 3. The molecule has 0 unspecified atom stereocenters. The van der Waals surface area contributed by atoms with Crippen molar-refractivity contribution in [1.82, 2.24) is 4.98 Å². The number of pyridine rings is 1. The van der Waals surface area contributed by atoms with E-state index >= 15 is 0 Å². The summed E-state index contributed by atoms with van der Waals surface area (Å²) < 4.78 is 57.5. The molecular weight excluding hydrogens is 511 g/mol. The van der Waals surface area contributed by atoms with E-state index in [9.17, 15) is 13.2 Å². The van der Waals surface area contributed by atoms with Crippen LogP contribution < -0.4 is 0 Å². The van der Waals surface area contributed by atoms with Gasteiger partial charge in [-0.05, 0) is 18.1 Å². The molecule has 1 aromatic carbocycles. The Morgan fingerprint density at radius 1 is 1.09 bits per heavy atom. The van der Waals surface area contributed by atoms with Gasteiger partial charge in [-0.2, -0.15) is 21.6 Å². The molecule has 1 heterocycles. The first kappa shape index (κ1) is 21.7. The molecule has 0 atom stereocenters. The zero-order valence-electron chi connectivity index (χ0n) is 11.9. The molecule has 1 N–H and O–H groups in total. The molecule has 1 radical (unpaired) electrons. The molecule has 0 aliphatic heterocycles. The molecule has 0 fully saturated rings. The van der Waals surface area contributed by atoms with Crippen LogP contribution in [0.4, 0.5) is 13.2 Å². The third-order valence-electron chi connectivity index (χ3n) is 2.60. The van der Waals surface area contributed by atoms with Crippen molar-refractivity contribution >= 4 is 10.1 Å². The van der Waals surface area contributed by atoms with E-state index in [0.717, 1.165) is 12.1 Å². The van der Waals surface area contributed by atoms with Crippen molar-refractivity contribution < 1.29 is 46.2 Å². The molecule has 2 rings (SSSR count). The fourth-order valence-corrected chi connectivity index (χ4v) is 1.41. The maximum atomic E-state index is 10.7. The molecular formula is C14H14F3IrNO3S. The van der Waals surface area contributed by atoms with E-state index in [2.05, 4.69) is 36.2 Å². The van der Waals surface area contributed by atoms with E-state index in [1.54, 1.807) is 0 Å². The summed E-state index contributed by atoms with van der Waals surface area (Å²) in [5.41, 5.74) is -2.03. The van der Waals surface area contributed by atoms with E-state index in [-0.39, 0.29) is 20.1 Å².